The van der Waals surface area contributed by atoms with Crippen molar-refractivity contribution in [3.05, 3.63) is 24.5 Å². The predicted octanol–water partition coefficient (Wildman–Crippen LogP) is 2.40. The van der Waals surface area contributed by atoms with Crippen molar-refractivity contribution in [3.63, 3.8) is 0 Å². The molecule has 0 unspecified atom stereocenters. The standard InChI is InChI=1S/C11H18O2/c1-3-10(4-2)13-11-7-5-9(12)6-8-11/h3-4,9,11-12H,1,5-8H2,2H3. The molecule has 74 valence electrons. The molecule has 13 heavy (non-hydrogen) atoms. The van der Waals surface area contributed by atoms with Crippen molar-refractivity contribution in [3.8, 4) is 0 Å². The lowest BCUT2D eigenvalue weighted by atomic mass is 9.95. The highest BCUT2D eigenvalue weighted by Crippen LogP contribution is 2.23. The van der Waals surface area contributed by atoms with E-state index in [9.17, 15) is 5.11 Å². The molecule has 1 aliphatic carbocycles. The van der Waals surface area contributed by atoms with Crippen LogP contribution < -0.4 is 0 Å². The van der Waals surface area contributed by atoms with Crippen molar-refractivity contribution in [2.45, 2.75) is 44.8 Å². The number of aliphatic hydroxyl groups excluding tert-OH is 1. The summed E-state index contributed by atoms with van der Waals surface area (Å²) >= 11 is 0. The Balaban J connectivity index is 2.33. The average molecular weight is 182 g/mol. The van der Waals surface area contributed by atoms with E-state index in [1.54, 1.807) is 6.08 Å². The van der Waals surface area contributed by atoms with Gasteiger partial charge >= 0.3 is 0 Å². The van der Waals surface area contributed by atoms with Crippen LogP contribution in [-0.4, -0.2) is 17.3 Å². The maximum absolute atomic E-state index is 9.29. The Labute approximate surface area is 79.9 Å². The van der Waals surface area contributed by atoms with Crippen LogP contribution in [-0.2, 0) is 4.74 Å². The third-order valence-electron chi connectivity index (χ3n) is 2.43. The third-order valence-corrected chi connectivity index (χ3v) is 2.43. The van der Waals surface area contributed by atoms with Gasteiger partial charge in [0.25, 0.3) is 0 Å². The maximum Gasteiger partial charge on any atom is 0.114 e. The summed E-state index contributed by atoms with van der Waals surface area (Å²) < 4.78 is 5.67. The Morgan fingerprint density at radius 2 is 2.00 bits per heavy atom. The molecule has 0 spiro atoms. The molecular formula is C11H18O2. The summed E-state index contributed by atoms with van der Waals surface area (Å²) in [7, 11) is 0. The van der Waals surface area contributed by atoms with Crippen LogP contribution in [0.1, 0.15) is 32.6 Å². The van der Waals surface area contributed by atoms with Gasteiger partial charge in [0, 0.05) is 0 Å². The van der Waals surface area contributed by atoms with E-state index in [2.05, 4.69) is 6.58 Å². The molecule has 0 radical (unpaired) electrons. The van der Waals surface area contributed by atoms with Crippen molar-refractivity contribution in [1.82, 2.24) is 0 Å². The van der Waals surface area contributed by atoms with Crippen molar-refractivity contribution < 1.29 is 9.84 Å². The second-order valence-electron chi connectivity index (χ2n) is 3.44. The Morgan fingerprint density at radius 1 is 1.38 bits per heavy atom. The zero-order valence-electron chi connectivity index (χ0n) is 8.20. The molecule has 0 amide bonds. The van der Waals surface area contributed by atoms with E-state index in [-0.39, 0.29) is 12.2 Å². The van der Waals surface area contributed by atoms with Gasteiger partial charge in [-0.05, 0) is 44.8 Å². The summed E-state index contributed by atoms with van der Waals surface area (Å²) in [5.74, 6) is 0.849. The molecule has 1 rings (SSSR count). The highest BCUT2D eigenvalue weighted by Gasteiger charge is 2.20. The molecule has 0 aromatic rings. The van der Waals surface area contributed by atoms with Crippen LogP contribution in [0.5, 0.6) is 0 Å². The van der Waals surface area contributed by atoms with E-state index in [4.69, 9.17) is 4.74 Å². The summed E-state index contributed by atoms with van der Waals surface area (Å²) in [6.07, 6.45) is 7.42. The van der Waals surface area contributed by atoms with Crippen LogP contribution in [0.2, 0.25) is 0 Å². The van der Waals surface area contributed by atoms with Gasteiger partial charge in [-0.25, -0.2) is 0 Å². The molecule has 0 heterocycles. The van der Waals surface area contributed by atoms with Gasteiger partial charge in [-0.3, -0.25) is 0 Å². The third kappa shape index (κ3) is 3.23. The predicted molar refractivity (Wildman–Crippen MR) is 53.3 cm³/mol. The summed E-state index contributed by atoms with van der Waals surface area (Å²) in [5, 5.41) is 9.29. The highest BCUT2D eigenvalue weighted by atomic mass is 16.5. The second-order valence-corrected chi connectivity index (χ2v) is 3.44. The molecule has 0 bridgehead atoms. The SMILES string of the molecule is C=CC(=CC)OC1CCC(O)CC1. The highest BCUT2D eigenvalue weighted by molar-refractivity contribution is 5.07. The van der Waals surface area contributed by atoms with Crippen LogP contribution in [0.4, 0.5) is 0 Å². The van der Waals surface area contributed by atoms with Crippen LogP contribution >= 0.6 is 0 Å². The van der Waals surface area contributed by atoms with Gasteiger partial charge in [-0.2, -0.15) is 0 Å². The monoisotopic (exact) mass is 182 g/mol. The normalized spacial score (nSPS) is 29.8. The molecule has 2 nitrogen and oxygen atoms in total. The summed E-state index contributed by atoms with van der Waals surface area (Å²) in [4.78, 5) is 0. The molecule has 2 heteroatoms. The van der Waals surface area contributed by atoms with Gasteiger partial charge in [0.15, 0.2) is 0 Å². The number of hydrogen-bond acceptors (Lipinski definition) is 2. The van der Waals surface area contributed by atoms with E-state index >= 15 is 0 Å². The lowest BCUT2D eigenvalue weighted by molar-refractivity contribution is 0.0356. The quantitative estimate of drug-likeness (QED) is 0.536. The fourth-order valence-corrected chi connectivity index (χ4v) is 1.59. The lowest BCUT2D eigenvalue weighted by Gasteiger charge is -2.26. The second kappa shape index (κ2) is 5.07. The van der Waals surface area contributed by atoms with Crippen LogP contribution in [0.15, 0.2) is 24.5 Å². The van der Waals surface area contributed by atoms with Crippen molar-refractivity contribution in [2.24, 2.45) is 0 Å². The molecule has 0 aromatic heterocycles. The number of aliphatic hydroxyl groups is 1. The van der Waals surface area contributed by atoms with Crippen molar-refractivity contribution in [2.75, 3.05) is 0 Å². The molecule has 0 atom stereocenters. The fraction of sp³-hybridized carbons (Fsp3) is 0.636. The zero-order chi connectivity index (χ0) is 9.68. The van der Waals surface area contributed by atoms with Gasteiger partial charge in [-0.1, -0.05) is 6.58 Å². The lowest BCUT2D eigenvalue weighted by Crippen LogP contribution is -2.23. The van der Waals surface area contributed by atoms with E-state index in [0.29, 0.717) is 0 Å². The number of hydrogen-bond donors (Lipinski definition) is 1. The van der Waals surface area contributed by atoms with Gasteiger partial charge in [0.2, 0.25) is 0 Å². The van der Waals surface area contributed by atoms with Crippen LogP contribution in [0.25, 0.3) is 0 Å². The van der Waals surface area contributed by atoms with Crippen LogP contribution in [0.3, 0.4) is 0 Å². The van der Waals surface area contributed by atoms with E-state index in [0.717, 1.165) is 31.4 Å². The first-order valence-corrected chi connectivity index (χ1v) is 4.89. The van der Waals surface area contributed by atoms with E-state index in [1.165, 1.54) is 0 Å². The Morgan fingerprint density at radius 3 is 2.46 bits per heavy atom. The van der Waals surface area contributed by atoms with Crippen molar-refractivity contribution >= 4 is 0 Å². The minimum atomic E-state index is -0.113. The number of ether oxygens (including phenoxy) is 1. The van der Waals surface area contributed by atoms with Crippen LogP contribution in [0, 0.1) is 0 Å². The molecule has 0 aromatic carbocycles. The summed E-state index contributed by atoms with van der Waals surface area (Å²) in [5.41, 5.74) is 0. The van der Waals surface area contributed by atoms with Crippen molar-refractivity contribution in [1.29, 1.82) is 0 Å². The molecule has 0 saturated heterocycles. The molecule has 1 aliphatic rings. The first-order valence-electron chi connectivity index (χ1n) is 4.89. The zero-order valence-corrected chi connectivity index (χ0v) is 8.20. The van der Waals surface area contributed by atoms with E-state index in [1.807, 2.05) is 13.0 Å². The Kier molecular flexibility index (Phi) is 4.03. The van der Waals surface area contributed by atoms with Gasteiger partial charge < -0.3 is 9.84 Å². The average Bonchev–Trinajstić information content (AvgIpc) is 2.17. The largest absolute Gasteiger partial charge is 0.491 e. The molecule has 1 fully saturated rings. The summed E-state index contributed by atoms with van der Waals surface area (Å²) in [6, 6.07) is 0. The minimum absolute atomic E-state index is 0.113. The van der Waals surface area contributed by atoms with Gasteiger partial charge in [0.05, 0.1) is 12.2 Å². The number of rotatable bonds is 3. The molecule has 1 N–H and O–H groups in total. The molecular weight excluding hydrogens is 164 g/mol. The number of allylic oxidation sites excluding steroid dienone is 2. The first kappa shape index (κ1) is 10.3. The minimum Gasteiger partial charge on any atom is -0.491 e. The summed E-state index contributed by atoms with van der Waals surface area (Å²) in [6.45, 7) is 5.61. The Bertz CT molecular complexity index is 188. The molecule has 1 saturated carbocycles. The van der Waals surface area contributed by atoms with E-state index < -0.39 is 0 Å². The van der Waals surface area contributed by atoms with Gasteiger partial charge in [0.1, 0.15) is 5.76 Å². The Hall–Kier alpha value is -0.760. The van der Waals surface area contributed by atoms with Gasteiger partial charge in [-0.15, -0.1) is 0 Å². The topological polar surface area (TPSA) is 29.5 Å². The fourth-order valence-electron chi connectivity index (χ4n) is 1.59. The molecule has 0 aliphatic heterocycles. The maximum atomic E-state index is 9.29. The first-order chi connectivity index (χ1) is 6.26. The smallest absolute Gasteiger partial charge is 0.114 e.